The lowest BCUT2D eigenvalue weighted by molar-refractivity contribution is -0.167. The van der Waals surface area contributed by atoms with Crippen LogP contribution in [0.3, 0.4) is 0 Å². The second kappa shape index (κ2) is 51.5. The summed E-state index contributed by atoms with van der Waals surface area (Å²) in [5, 5.41) is 0. The van der Waals surface area contributed by atoms with Gasteiger partial charge in [0.25, 0.3) is 0 Å². The Hall–Kier alpha value is -3.40. The van der Waals surface area contributed by atoms with E-state index < -0.39 is 24.3 Å². The van der Waals surface area contributed by atoms with Crippen LogP contribution < -0.4 is 0 Å². The first-order valence-corrected chi connectivity index (χ1v) is 27.9. The first kappa shape index (κ1) is 64.6. The van der Waals surface area contributed by atoms with Gasteiger partial charge in [-0.1, -0.05) is 173 Å². The fraction of sp³-hybridized carbons (Fsp3) is 0.793. The van der Waals surface area contributed by atoms with Crippen LogP contribution in [0.5, 0.6) is 0 Å². The smallest absolute Gasteiger partial charge is 0.462 e. The Morgan fingerprint density at radius 1 is 0.412 bits per heavy atom. The van der Waals surface area contributed by atoms with E-state index in [1.54, 1.807) is 0 Å². The molecule has 68 heavy (non-hydrogen) atoms. The molecule has 0 aromatic rings. The maximum Gasteiger partial charge on any atom is 0.508 e. The van der Waals surface area contributed by atoms with Gasteiger partial charge in [0.1, 0.15) is 19.3 Å². The van der Waals surface area contributed by atoms with Gasteiger partial charge in [-0.3, -0.25) is 14.4 Å². The molecule has 0 aliphatic heterocycles. The van der Waals surface area contributed by atoms with Crippen LogP contribution in [0.1, 0.15) is 246 Å². The van der Waals surface area contributed by atoms with Crippen molar-refractivity contribution in [3.63, 3.8) is 0 Å². The first-order chi connectivity index (χ1) is 33.2. The maximum absolute atomic E-state index is 13.2. The van der Waals surface area contributed by atoms with E-state index in [1.807, 2.05) is 7.05 Å². The molecule has 0 spiro atoms. The molecule has 1 unspecified atom stereocenters. The fourth-order valence-corrected chi connectivity index (χ4v) is 7.55. The minimum absolute atomic E-state index is 0.00853. The van der Waals surface area contributed by atoms with Crippen molar-refractivity contribution in [2.45, 2.75) is 258 Å². The molecule has 10 nitrogen and oxygen atoms in total. The number of rotatable bonds is 49. The van der Waals surface area contributed by atoms with Crippen molar-refractivity contribution in [3.05, 3.63) is 48.6 Å². The van der Waals surface area contributed by atoms with Crippen molar-refractivity contribution in [2.24, 2.45) is 0 Å². The number of hydrogen-bond donors (Lipinski definition) is 0. The van der Waals surface area contributed by atoms with Crippen molar-refractivity contribution in [1.29, 1.82) is 0 Å². The van der Waals surface area contributed by atoms with E-state index in [0.29, 0.717) is 12.8 Å². The van der Waals surface area contributed by atoms with Crippen LogP contribution in [-0.4, -0.2) is 81.1 Å². The molecule has 0 radical (unpaired) electrons. The second-order valence-electron chi connectivity index (χ2n) is 18.6. The van der Waals surface area contributed by atoms with Gasteiger partial charge in [0, 0.05) is 25.8 Å². The van der Waals surface area contributed by atoms with Crippen LogP contribution in [0.15, 0.2) is 48.6 Å². The lowest BCUT2D eigenvalue weighted by Gasteiger charge is -2.20. The van der Waals surface area contributed by atoms with E-state index >= 15 is 0 Å². The molecule has 0 bridgehead atoms. The topological polar surface area (TPSA) is 118 Å². The summed E-state index contributed by atoms with van der Waals surface area (Å²) in [6.07, 6.45) is 48.7. The minimum Gasteiger partial charge on any atom is -0.462 e. The summed E-state index contributed by atoms with van der Waals surface area (Å²) >= 11 is 0. The highest BCUT2D eigenvalue weighted by atomic mass is 16.7. The normalized spacial score (nSPS) is 12.3. The van der Waals surface area contributed by atoms with Crippen molar-refractivity contribution >= 4 is 24.1 Å². The number of carbonyl (C=O) groups is 4. The van der Waals surface area contributed by atoms with Crippen LogP contribution in [0.25, 0.3) is 0 Å². The molecule has 0 rings (SSSR count). The molecule has 0 fully saturated rings. The number of esters is 3. The van der Waals surface area contributed by atoms with Crippen LogP contribution in [0.2, 0.25) is 0 Å². The maximum atomic E-state index is 13.2. The fourth-order valence-electron chi connectivity index (χ4n) is 7.55. The van der Waals surface area contributed by atoms with E-state index in [4.69, 9.17) is 23.7 Å². The molecule has 0 N–H and O–H groups in total. The molecule has 0 aromatic heterocycles. The van der Waals surface area contributed by atoms with Crippen molar-refractivity contribution in [3.8, 4) is 0 Å². The van der Waals surface area contributed by atoms with E-state index in [-0.39, 0.29) is 57.4 Å². The molecule has 0 saturated carbocycles. The predicted octanol–water partition coefficient (Wildman–Crippen LogP) is 16.0. The van der Waals surface area contributed by atoms with E-state index in [0.717, 1.165) is 122 Å². The SMILES string of the molecule is CCCCC/C=C\C/C=C\CCCCCCCC(=O)OCC(COC(=O)CCCCCCC/C=C\C/C=C\CCCCC)OC(=O)CCC(CCCCCCCC)OC(=O)OCCCN(C)CC. The van der Waals surface area contributed by atoms with Gasteiger partial charge in [-0.2, -0.15) is 0 Å². The third-order valence-electron chi connectivity index (χ3n) is 12.1. The van der Waals surface area contributed by atoms with Gasteiger partial charge in [0.05, 0.1) is 6.61 Å². The van der Waals surface area contributed by atoms with E-state index in [9.17, 15) is 19.2 Å². The summed E-state index contributed by atoms with van der Waals surface area (Å²) in [6, 6.07) is 0. The quantitative estimate of drug-likeness (QED) is 0.0252. The van der Waals surface area contributed by atoms with Crippen molar-refractivity contribution < 1.29 is 42.9 Å². The lowest BCUT2D eigenvalue weighted by atomic mass is 10.0. The Morgan fingerprint density at radius 3 is 1.32 bits per heavy atom. The number of allylic oxidation sites excluding steroid dienone is 8. The second-order valence-corrected chi connectivity index (χ2v) is 18.6. The number of nitrogens with zero attached hydrogens (tertiary/aromatic N) is 1. The molecule has 0 heterocycles. The van der Waals surface area contributed by atoms with Crippen LogP contribution in [-0.2, 0) is 38.1 Å². The Bertz CT molecular complexity index is 1230. The van der Waals surface area contributed by atoms with Crippen LogP contribution in [0.4, 0.5) is 4.79 Å². The summed E-state index contributed by atoms with van der Waals surface area (Å²) in [5.74, 6) is -1.25. The average molecular weight is 958 g/mol. The molecule has 0 aliphatic rings. The lowest BCUT2D eigenvalue weighted by Crippen LogP contribution is -2.31. The zero-order valence-electron chi connectivity index (χ0n) is 44.5. The van der Waals surface area contributed by atoms with Crippen LogP contribution in [0, 0.1) is 0 Å². The monoisotopic (exact) mass is 958 g/mol. The van der Waals surface area contributed by atoms with Gasteiger partial charge in [0.15, 0.2) is 6.10 Å². The summed E-state index contributed by atoms with van der Waals surface area (Å²) in [6.45, 7) is 10.3. The van der Waals surface area contributed by atoms with Gasteiger partial charge in [-0.25, -0.2) is 4.79 Å². The molecule has 394 valence electrons. The summed E-state index contributed by atoms with van der Waals surface area (Å²) in [4.78, 5) is 53.6. The molecule has 10 heteroatoms. The minimum atomic E-state index is -0.936. The van der Waals surface area contributed by atoms with Gasteiger partial charge < -0.3 is 28.6 Å². The van der Waals surface area contributed by atoms with Gasteiger partial charge in [-0.15, -0.1) is 0 Å². The standard InChI is InChI=1S/C58H103NO9/c1-6-10-13-16-19-21-23-25-27-29-31-33-35-38-41-45-55(60)65-51-54(52-66-56(61)46-42-39-36-34-32-30-28-26-24-22-20-17-14-11-7-2)67-57(62)48-47-53(44-40-37-18-15-12-8-3)68-58(63)64-50-43-49-59(5)9-4/h19-22,25-28,53-54H,6-18,23-24,29-52H2,1-5H3/b21-19-,22-20-,27-25-,28-26-. The molecule has 0 amide bonds. The van der Waals surface area contributed by atoms with Gasteiger partial charge >= 0.3 is 24.1 Å². The third-order valence-corrected chi connectivity index (χ3v) is 12.1. The van der Waals surface area contributed by atoms with Crippen molar-refractivity contribution in [1.82, 2.24) is 4.90 Å². The Balaban J connectivity index is 5.01. The van der Waals surface area contributed by atoms with Crippen molar-refractivity contribution in [2.75, 3.05) is 40.0 Å². The molecular formula is C58H103NO9. The Kier molecular flexibility index (Phi) is 48.9. The first-order valence-electron chi connectivity index (χ1n) is 27.9. The van der Waals surface area contributed by atoms with E-state index in [2.05, 4.69) is 81.2 Å². The molecule has 0 aliphatic carbocycles. The Morgan fingerprint density at radius 2 is 0.838 bits per heavy atom. The highest BCUT2D eigenvalue weighted by Gasteiger charge is 2.22. The third kappa shape index (κ3) is 47.7. The van der Waals surface area contributed by atoms with E-state index in [1.165, 1.54) is 70.6 Å². The molecule has 0 saturated heterocycles. The zero-order chi connectivity index (χ0) is 49.8. The number of ether oxygens (including phenoxy) is 5. The molecule has 0 aromatic carbocycles. The summed E-state index contributed by atoms with van der Waals surface area (Å²) < 4.78 is 28.0. The zero-order valence-corrected chi connectivity index (χ0v) is 44.5. The highest BCUT2D eigenvalue weighted by molar-refractivity contribution is 5.71. The number of carbonyl (C=O) groups excluding carboxylic acids is 4. The number of unbranched alkanes of at least 4 members (excludes halogenated alkanes) is 21. The van der Waals surface area contributed by atoms with Gasteiger partial charge in [-0.05, 0) is 116 Å². The largest absolute Gasteiger partial charge is 0.508 e. The van der Waals surface area contributed by atoms with Gasteiger partial charge in [0.2, 0.25) is 0 Å². The summed E-state index contributed by atoms with van der Waals surface area (Å²) in [7, 11) is 2.02. The predicted molar refractivity (Wildman–Crippen MR) is 282 cm³/mol. The molecular weight excluding hydrogens is 855 g/mol. The average Bonchev–Trinajstić information content (AvgIpc) is 3.33. The summed E-state index contributed by atoms with van der Waals surface area (Å²) in [5.41, 5.74) is 0. The number of hydrogen-bond acceptors (Lipinski definition) is 10. The Labute approximate surface area is 417 Å². The molecule has 1 atom stereocenters. The van der Waals surface area contributed by atoms with Crippen LogP contribution >= 0.6 is 0 Å². The highest BCUT2D eigenvalue weighted by Crippen LogP contribution is 2.17.